The summed E-state index contributed by atoms with van der Waals surface area (Å²) in [4.78, 5) is 0. The van der Waals surface area contributed by atoms with Crippen molar-refractivity contribution in [3.8, 4) is 0 Å². The summed E-state index contributed by atoms with van der Waals surface area (Å²) in [5.41, 5.74) is 7.41. The predicted octanol–water partition coefficient (Wildman–Crippen LogP) is 2.09. The fourth-order valence-corrected chi connectivity index (χ4v) is 1.78. The van der Waals surface area contributed by atoms with Crippen LogP contribution in [0.4, 0.5) is 0 Å². The molecule has 0 bridgehead atoms. The molecule has 0 aromatic rings. The molecule has 1 aliphatic carbocycles. The summed E-state index contributed by atoms with van der Waals surface area (Å²) in [5.74, 6) is 0.902. The van der Waals surface area contributed by atoms with Crippen LogP contribution < -0.4 is 10.9 Å². The van der Waals surface area contributed by atoms with Gasteiger partial charge in [-0.2, -0.15) is 5.43 Å². The zero-order valence-electron chi connectivity index (χ0n) is 8.18. The first-order valence-corrected chi connectivity index (χ1v) is 5.33. The fraction of sp³-hybridized carbons (Fsp3) is 1.00. The monoisotopic (exact) mass is 169 g/mol. The lowest BCUT2D eigenvalue weighted by molar-refractivity contribution is 0.324. The average molecular weight is 169 g/mol. The molecule has 1 rings (SSSR count). The normalized spacial score (nSPS) is 19.8. The molecule has 1 radical (unpaired) electrons. The van der Waals surface area contributed by atoms with Crippen LogP contribution in [0.3, 0.4) is 0 Å². The minimum atomic E-state index is 0.902. The fourth-order valence-electron chi connectivity index (χ4n) is 1.78. The van der Waals surface area contributed by atoms with Crippen molar-refractivity contribution < 1.29 is 0 Å². The molecule has 12 heavy (non-hydrogen) atoms. The van der Waals surface area contributed by atoms with E-state index in [-0.39, 0.29) is 0 Å². The number of rotatable bonds is 5. The lowest BCUT2D eigenvalue weighted by Gasteiger charge is -2.21. The van der Waals surface area contributed by atoms with Gasteiger partial charge in [-0.15, -0.1) is 0 Å². The van der Waals surface area contributed by atoms with Crippen molar-refractivity contribution in [3.05, 3.63) is 0 Å². The van der Waals surface area contributed by atoms with E-state index in [9.17, 15) is 0 Å². The Morgan fingerprint density at radius 2 is 2.00 bits per heavy atom. The van der Waals surface area contributed by atoms with Crippen molar-refractivity contribution in [2.45, 2.75) is 45.4 Å². The molecule has 0 aromatic heterocycles. The highest BCUT2D eigenvalue weighted by Gasteiger charge is 2.12. The Kier molecular flexibility index (Phi) is 5.37. The van der Waals surface area contributed by atoms with E-state index in [1.807, 2.05) is 0 Å². The van der Waals surface area contributed by atoms with Gasteiger partial charge in [-0.3, -0.25) is 0 Å². The third-order valence-corrected chi connectivity index (χ3v) is 2.55. The van der Waals surface area contributed by atoms with Gasteiger partial charge in [0.25, 0.3) is 0 Å². The van der Waals surface area contributed by atoms with Crippen LogP contribution >= 0.6 is 0 Å². The summed E-state index contributed by atoms with van der Waals surface area (Å²) in [5, 5.41) is 0. The van der Waals surface area contributed by atoms with Crippen molar-refractivity contribution in [2.24, 2.45) is 5.92 Å². The van der Waals surface area contributed by atoms with E-state index in [2.05, 4.69) is 17.8 Å². The second kappa shape index (κ2) is 6.44. The van der Waals surface area contributed by atoms with E-state index in [1.54, 1.807) is 0 Å². The largest absolute Gasteiger partial charge is 0.240 e. The van der Waals surface area contributed by atoms with E-state index in [0.29, 0.717) is 0 Å². The van der Waals surface area contributed by atoms with E-state index in [4.69, 9.17) is 0 Å². The Morgan fingerprint density at radius 3 is 2.67 bits per heavy atom. The molecular weight excluding hydrogens is 148 g/mol. The molecule has 0 spiro atoms. The number of nitrogens with zero attached hydrogens (tertiary/aromatic N) is 1. The summed E-state index contributed by atoms with van der Waals surface area (Å²) in [6.45, 7) is 4.23. The second-order valence-corrected chi connectivity index (χ2v) is 3.75. The minimum Gasteiger partial charge on any atom is -0.240 e. The first-order valence-electron chi connectivity index (χ1n) is 5.33. The lowest BCUT2D eigenvalue weighted by atomic mass is 9.89. The number of nitrogens with one attached hydrogen (secondary N) is 1. The molecular formula is C10H21N2. The van der Waals surface area contributed by atoms with Crippen LogP contribution in [0, 0.1) is 5.92 Å². The standard InChI is InChI=1S/C10H21N2/c1-2-8-11-12-9-10-6-4-3-5-7-10/h10,12H,2-9H2,1H3. The zero-order chi connectivity index (χ0) is 8.65. The summed E-state index contributed by atoms with van der Waals surface area (Å²) in [6, 6.07) is 0. The zero-order valence-corrected chi connectivity index (χ0v) is 8.18. The highest BCUT2D eigenvalue weighted by molar-refractivity contribution is 4.66. The average Bonchev–Trinajstić information content (AvgIpc) is 2.14. The molecule has 0 saturated heterocycles. The smallest absolute Gasteiger partial charge is 0.0301 e. The molecule has 0 aromatic carbocycles. The maximum atomic E-state index is 4.23. The molecule has 0 heterocycles. The van der Waals surface area contributed by atoms with Gasteiger partial charge in [-0.05, 0) is 25.2 Å². The SMILES string of the molecule is CCC[N]NCC1CCCCC1. The summed E-state index contributed by atoms with van der Waals surface area (Å²) >= 11 is 0. The van der Waals surface area contributed by atoms with E-state index in [0.717, 1.165) is 25.4 Å². The van der Waals surface area contributed by atoms with E-state index in [1.165, 1.54) is 32.1 Å². The molecule has 1 aliphatic rings. The van der Waals surface area contributed by atoms with E-state index < -0.39 is 0 Å². The van der Waals surface area contributed by atoms with Crippen molar-refractivity contribution in [1.82, 2.24) is 10.9 Å². The Bertz CT molecular complexity index is 98.0. The quantitative estimate of drug-likeness (QED) is 0.495. The van der Waals surface area contributed by atoms with Gasteiger partial charge in [0.2, 0.25) is 0 Å². The first kappa shape index (κ1) is 10.0. The third kappa shape index (κ3) is 4.07. The number of hydrogen-bond acceptors (Lipinski definition) is 1. The van der Waals surface area contributed by atoms with Crippen LogP contribution in [0.15, 0.2) is 0 Å². The minimum absolute atomic E-state index is 0.902. The molecule has 0 amide bonds. The predicted molar refractivity (Wildman–Crippen MR) is 51.9 cm³/mol. The van der Waals surface area contributed by atoms with Gasteiger partial charge in [0.05, 0.1) is 0 Å². The molecule has 0 atom stereocenters. The van der Waals surface area contributed by atoms with E-state index >= 15 is 0 Å². The van der Waals surface area contributed by atoms with Gasteiger partial charge >= 0.3 is 0 Å². The van der Waals surface area contributed by atoms with Crippen LogP contribution in [0.5, 0.6) is 0 Å². The highest BCUT2D eigenvalue weighted by atomic mass is 15.3. The summed E-state index contributed by atoms with van der Waals surface area (Å²) in [7, 11) is 0. The van der Waals surface area contributed by atoms with Crippen LogP contribution in [0.2, 0.25) is 0 Å². The molecule has 0 unspecified atom stereocenters. The Labute approximate surface area is 76.1 Å². The van der Waals surface area contributed by atoms with Crippen molar-refractivity contribution in [1.29, 1.82) is 0 Å². The molecule has 2 nitrogen and oxygen atoms in total. The van der Waals surface area contributed by atoms with Crippen LogP contribution in [-0.4, -0.2) is 13.1 Å². The van der Waals surface area contributed by atoms with Gasteiger partial charge in [0.15, 0.2) is 0 Å². The molecule has 1 fully saturated rings. The molecule has 2 heteroatoms. The topological polar surface area (TPSA) is 26.1 Å². The van der Waals surface area contributed by atoms with Gasteiger partial charge < -0.3 is 0 Å². The summed E-state index contributed by atoms with van der Waals surface area (Å²) < 4.78 is 0. The second-order valence-electron chi connectivity index (χ2n) is 3.75. The Balaban J connectivity index is 1.91. The van der Waals surface area contributed by atoms with Crippen LogP contribution in [0.25, 0.3) is 0 Å². The first-order chi connectivity index (χ1) is 5.93. The lowest BCUT2D eigenvalue weighted by Crippen LogP contribution is -2.31. The van der Waals surface area contributed by atoms with Crippen LogP contribution in [0.1, 0.15) is 45.4 Å². The summed E-state index contributed by atoms with van der Waals surface area (Å²) in [6.07, 6.45) is 8.28. The van der Waals surface area contributed by atoms with Crippen molar-refractivity contribution in [3.63, 3.8) is 0 Å². The van der Waals surface area contributed by atoms with Gasteiger partial charge in [-0.25, -0.2) is 5.43 Å². The van der Waals surface area contributed by atoms with Crippen molar-refractivity contribution >= 4 is 0 Å². The molecule has 1 saturated carbocycles. The van der Waals surface area contributed by atoms with Gasteiger partial charge in [0.1, 0.15) is 0 Å². The Hall–Kier alpha value is -0.0800. The van der Waals surface area contributed by atoms with Crippen LogP contribution in [-0.2, 0) is 0 Å². The maximum absolute atomic E-state index is 4.23. The molecule has 1 N–H and O–H groups in total. The molecule has 0 aliphatic heterocycles. The Morgan fingerprint density at radius 1 is 1.25 bits per heavy atom. The maximum Gasteiger partial charge on any atom is 0.0301 e. The van der Waals surface area contributed by atoms with Gasteiger partial charge in [-0.1, -0.05) is 26.2 Å². The highest BCUT2D eigenvalue weighted by Crippen LogP contribution is 2.22. The van der Waals surface area contributed by atoms with Crippen molar-refractivity contribution in [2.75, 3.05) is 13.1 Å². The van der Waals surface area contributed by atoms with Gasteiger partial charge in [0, 0.05) is 13.1 Å². The third-order valence-electron chi connectivity index (χ3n) is 2.55. The molecule has 71 valence electrons. The number of hydrogen-bond donors (Lipinski definition) is 1.